The van der Waals surface area contributed by atoms with Gasteiger partial charge in [-0.3, -0.25) is 0 Å². The van der Waals surface area contributed by atoms with E-state index >= 15 is 0 Å². The third kappa shape index (κ3) is 6.42. The zero-order valence-corrected chi connectivity index (χ0v) is 20.4. The van der Waals surface area contributed by atoms with E-state index in [9.17, 15) is 9.59 Å². The molecule has 2 amide bonds. The molecule has 176 valence electrons. The number of urea groups is 1. The molecule has 2 N–H and O–H groups in total. The van der Waals surface area contributed by atoms with E-state index in [0.717, 1.165) is 18.4 Å². The number of carbonyl (C=O) groups excluding carboxylic acids is 2. The molecular formula is C25H28Cl2N2O4. The Hall–Kier alpha value is -2.70. The highest BCUT2D eigenvalue weighted by molar-refractivity contribution is 6.42. The Balaban J connectivity index is 1.97. The first-order chi connectivity index (χ1) is 15.8. The highest BCUT2D eigenvalue weighted by atomic mass is 35.5. The average Bonchev–Trinajstić information content (AvgIpc) is 2.77. The third-order valence-corrected chi connectivity index (χ3v) is 5.84. The molecule has 0 saturated carbocycles. The number of esters is 1. The molecule has 0 aromatic heterocycles. The predicted octanol–water partition coefficient (Wildman–Crippen LogP) is 6.32. The first kappa shape index (κ1) is 24.9. The second kappa shape index (κ2) is 11.4. The van der Waals surface area contributed by atoms with Crippen molar-refractivity contribution in [2.24, 2.45) is 0 Å². The van der Waals surface area contributed by atoms with Crippen LogP contribution in [-0.4, -0.2) is 18.1 Å². The van der Waals surface area contributed by atoms with Gasteiger partial charge in [0.1, 0.15) is 12.4 Å². The van der Waals surface area contributed by atoms with Crippen LogP contribution in [0.3, 0.4) is 0 Å². The van der Waals surface area contributed by atoms with Gasteiger partial charge in [-0.2, -0.15) is 0 Å². The van der Waals surface area contributed by atoms with Gasteiger partial charge < -0.3 is 20.1 Å². The van der Waals surface area contributed by atoms with E-state index in [1.807, 2.05) is 24.3 Å². The third-order valence-electron chi connectivity index (χ3n) is 5.10. The molecule has 1 unspecified atom stereocenters. The van der Waals surface area contributed by atoms with E-state index in [0.29, 0.717) is 39.0 Å². The largest absolute Gasteiger partial charge is 0.489 e. The number of rotatable bonds is 9. The van der Waals surface area contributed by atoms with E-state index < -0.39 is 12.0 Å². The first-order valence-electron chi connectivity index (χ1n) is 11.0. The molecule has 2 aromatic carbocycles. The fourth-order valence-electron chi connectivity index (χ4n) is 3.56. The standard InChI is InChI=1S/C25H28Cl2N2O4/c1-4-5-9-20-22(24(30)33-15(2)3)23(29-25(31)28-20)17-8-6-7-10-21(17)32-14-16-11-12-18(26)19(27)13-16/h6-8,10-13,15,23H,4-5,9,14H2,1-3H3,(H2,28,29,31). The zero-order valence-electron chi connectivity index (χ0n) is 18.9. The number of ether oxygens (including phenoxy) is 2. The van der Waals surface area contributed by atoms with Gasteiger partial charge in [-0.1, -0.05) is 60.8 Å². The van der Waals surface area contributed by atoms with Crippen molar-refractivity contribution in [1.29, 1.82) is 0 Å². The minimum atomic E-state index is -0.707. The Morgan fingerprint density at radius 2 is 1.88 bits per heavy atom. The van der Waals surface area contributed by atoms with E-state index in [1.54, 1.807) is 32.0 Å². The minimum Gasteiger partial charge on any atom is -0.489 e. The number of hydrogen-bond acceptors (Lipinski definition) is 4. The van der Waals surface area contributed by atoms with Crippen molar-refractivity contribution in [2.75, 3.05) is 0 Å². The fraction of sp³-hybridized carbons (Fsp3) is 0.360. The van der Waals surface area contributed by atoms with Gasteiger partial charge in [0.25, 0.3) is 0 Å². The molecule has 33 heavy (non-hydrogen) atoms. The molecule has 0 bridgehead atoms. The SMILES string of the molecule is CCCCC1=C(C(=O)OC(C)C)C(c2ccccc2OCc2ccc(Cl)c(Cl)c2)NC(=O)N1. The quantitative estimate of drug-likeness (QED) is 0.403. The van der Waals surface area contributed by atoms with Crippen molar-refractivity contribution in [3.05, 3.63) is 74.9 Å². The van der Waals surface area contributed by atoms with Gasteiger partial charge in [0.2, 0.25) is 0 Å². The number of hydrogen-bond donors (Lipinski definition) is 2. The predicted molar refractivity (Wildman–Crippen MR) is 129 cm³/mol. The van der Waals surface area contributed by atoms with Gasteiger partial charge in [-0.05, 0) is 50.5 Å². The Morgan fingerprint density at radius 3 is 2.58 bits per heavy atom. The lowest BCUT2D eigenvalue weighted by Crippen LogP contribution is -2.46. The molecular weight excluding hydrogens is 463 g/mol. The number of carbonyl (C=O) groups is 2. The van der Waals surface area contributed by atoms with Crippen LogP contribution in [0.2, 0.25) is 10.0 Å². The van der Waals surface area contributed by atoms with Crippen LogP contribution in [-0.2, 0) is 16.1 Å². The van der Waals surface area contributed by atoms with Crippen LogP contribution in [0.4, 0.5) is 4.79 Å². The molecule has 6 nitrogen and oxygen atoms in total. The van der Waals surface area contributed by atoms with Crippen molar-refractivity contribution in [3.8, 4) is 5.75 Å². The van der Waals surface area contributed by atoms with Crippen LogP contribution < -0.4 is 15.4 Å². The topological polar surface area (TPSA) is 76.7 Å². The second-order valence-electron chi connectivity index (χ2n) is 8.06. The van der Waals surface area contributed by atoms with Gasteiger partial charge in [0, 0.05) is 11.3 Å². The summed E-state index contributed by atoms with van der Waals surface area (Å²) in [4.78, 5) is 25.6. The average molecular weight is 491 g/mol. The maximum atomic E-state index is 13.1. The molecule has 0 radical (unpaired) electrons. The van der Waals surface area contributed by atoms with Crippen LogP contribution in [0.5, 0.6) is 5.75 Å². The normalized spacial score (nSPS) is 15.8. The van der Waals surface area contributed by atoms with Crippen LogP contribution in [0.15, 0.2) is 53.7 Å². The van der Waals surface area contributed by atoms with Crippen LogP contribution in [0.1, 0.15) is 57.2 Å². The maximum absolute atomic E-state index is 13.1. The highest BCUT2D eigenvalue weighted by Gasteiger charge is 2.35. The monoisotopic (exact) mass is 490 g/mol. The minimum absolute atomic E-state index is 0.241. The summed E-state index contributed by atoms with van der Waals surface area (Å²) in [7, 11) is 0. The first-order valence-corrected chi connectivity index (χ1v) is 11.7. The van der Waals surface area contributed by atoms with Crippen LogP contribution in [0, 0.1) is 0 Å². The maximum Gasteiger partial charge on any atom is 0.338 e. The van der Waals surface area contributed by atoms with E-state index in [2.05, 4.69) is 17.6 Å². The molecule has 2 aromatic rings. The smallest absolute Gasteiger partial charge is 0.338 e. The summed E-state index contributed by atoms with van der Waals surface area (Å²) in [5.41, 5.74) is 2.47. The van der Waals surface area contributed by atoms with E-state index in [4.69, 9.17) is 32.7 Å². The van der Waals surface area contributed by atoms with Gasteiger partial charge in [0.05, 0.1) is 27.8 Å². The van der Waals surface area contributed by atoms with Crippen molar-refractivity contribution in [3.63, 3.8) is 0 Å². The lowest BCUT2D eigenvalue weighted by molar-refractivity contribution is -0.143. The number of amides is 2. The molecule has 0 aliphatic carbocycles. The Labute approximate surface area is 204 Å². The Kier molecular flexibility index (Phi) is 8.64. The summed E-state index contributed by atoms with van der Waals surface area (Å²) < 4.78 is 11.6. The Bertz CT molecular complexity index is 1050. The van der Waals surface area contributed by atoms with Crippen molar-refractivity contribution >= 4 is 35.2 Å². The summed E-state index contributed by atoms with van der Waals surface area (Å²) >= 11 is 12.1. The molecule has 1 aliphatic rings. The van der Waals surface area contributed by atoms with Gasteiger partial charge in [-0.25, -0.2) is 9.59 Å². The zero-order chi connectivity index (χ0) is 24.0. The number of benzene rings is 2. The van der Waals surface area contributed by atoms with Crippen molar-refractivity contribution < 1.29 is 19.1 Å². The van der Waals surface area contributed by atoms with E-state index in [1.165, 1.54) is 0 Å². The molecule has 1 atom stereocenters. The van der Waals surface area contributed by atoms with Gasteiger partial charge in [-0.15, -0.1) is 0 Å². The number of allylic oxidation sites excluding steroid dienone is 1. The van der Waals surface area contributed by atoms with Gasteiger partial charge in [0.15, 0.2) is 0 Å². The van der Waals surface area contributed by atoms with Crippen LogP contribution >= 0.6 is 23.2 Å². The number of halogens is 2. The summed E-state index contributed by atoms with van der Waals surface area (Å²) in [5, 5.41) is 6.59. The molecule has 0 saturated heterocycles. The molecule has 0 spiro atoms. The van der Waals surface area contributed by atoms with Gasteiger partial charge >= 0.3 is 12.0 Å². The summed E-state index contributed by atoms with van der Waals surface area (Å²) in [5.74, 6) is 0.0772. The number of para-hydroxylation sites is 1. The lowest BCUT2D eigenvalue weighted by atomic mass is 9.93. The summed E-state index contributed by atoms with van der Waals surface area (Å²) in [6, 6.07) is 11.5. The fourth-order valence-corrected chi connectivity index (χ4v) is 3.88. The number of nitrogens with one attached hydrogen (secondary N) is 2. The molecule has 0 fully saturated rings. The van der Waals surface area contributed by atoms with E-state index in [-0.39, 0.29) is 18.7 Å². The van der Waals surface area contributed by atoms with Crippen molar-refractivity contribution in [2.45, 2.75) is 58.8 Å². The molecule has 8 heteroatoms. The summed E-state index contributed by atoms with van der Waals surface area (Å²) in [6.07, 6.45) is 2.02. The molecule has 3 rings (SSSR count). The molecule has 1 heterocycles. The number of unbranched alkanes of at least 4 members (excludes halogenated alkanes) is 1. The van der Waals surface area contributed by atoms with Crippen molar-refractivity contribution in [1.82, 2.24) is 10.6 Å². The second-order valence-corrected chi connectivity index (χ2v) is 8.87. The lowest BCUT2D eigenvalue weighted by Gasteiger charge is -2.31. The van der Waals surface area contributed by atoms with Crippen LogP contribution in [0.25, 0.3) is 0 Å². The highest BCUT2D eigenvalue weighted by Crippen LogP contribution is 2.35. The molecule has 1 aliphatic heterocycles. The summed E-state index contributed by atoms with van der Waals surface area (Å²) in [6.45, 7) is 5.88. The Morgan fingerprint density at radius 1 is 1.12 bits per heavy atom.